The zero-order valence-corrected chi connectivity index (χ0v) is 5.92. The Kier molecular flexibility index (Phi) is 2.80. The molecule has 1 rings (SSSR count). The highest BCUT2D eigenvalue weighted by Gasteiger charge is 2.38. The second-order valence-corrected chi connectivity index (χ2v) is 2.61. The van der Waals surface area contributed by atoms with Crippen LogP contribution in [0.2, 0.25) is 0 Å². The van der Waals surface area contributed by atoms with Crippen LogP contribution in [0.25, 0.3) is 0 Å². The molecule has 0 unspecified atom stereocenters. The summed E-state index contributed by atoms with van der Waals surface area (Å²) in [5.74, 6) is 0. The Morgan fingerprint density at radius 1 is 1.45 bits per heavy atom. The summed E-state index contributed by atoms with van der Waals surface area (Å²) >= 11 is 0. The Hall–Kier alpha value is -0.200. The van der Waals surface area contributed by atoms with Crippen LogP contribution in [0, 0.1) is 0 Å². The molecule has 1 aliphatic rings. The summed E-state index contributed by atoms with van der Waals surface area (Å²) in [6, 6.07) is 0. The lowest BCUT2D eigenvalue weighted by atomic mass is 10.1. The van der Waals surface area contributed by atoms with Gasteiger partial charge in [-0.3, -0.25) is 0 Å². The molecule has 1 saturated heterocycles. The zero-order chi connectivity index (χ0) is 8.43. The van der Waals surface area contributed by atoms with Gasteiger partial charge in [0, 0.05) is 0 Å². The maximum Gasteiger partial charge on any atom is 0.114 e. The van der Waals surface area contributed by atoms with Crippen molar-refractivity contribution in [3.05, 3.63) is 0 Å². The van der Waals surface area contributed by atoms with Crippen LogP contribution in [0.15, 0.2) is 0 Å². The molecular formula is C6H12O5. The van der Waals surface area contributed by atoms with E-state index in [1.807, 2.05) is 0 Å². The third kappa shape index (κ3) is 1.69. The van der Waals surface area contributed by atoms with Gasteiger partial charge in [0.05, 0.1) is 13.2 Å². The summed E-state index contributed by atoms with van der Waals surface area (Å²) in [5, 5.41) is 35.5. The molecule has 1 aliphatic heterocycles. The molecule has 1 fully saturated rings. The Balaban J connectivity index is 2.47. The van der Waals surface area contributed by atoms with Crippen LogP contribution < -0.4 is 0 Å². The summed E-state index contributed by atoms with van der Waals surface area (Å²) < 4.78 is 4.82. The minimum atomic E-state index is -1.12. The van der Waals surface area contributed by atoms with Crippen molar-refractivity contribution in [3.63, 3.8) is 0 Å². The summed E-state index contributed by atoms with van der Waals surface area (Å²) in [6.07, 6.45) is -4.05. The maximum atomic E-state index is 9.11. The molecule has 5 nitrogen and oxygen atoms in total. The van der Waals surface area contributed by atoms with E-state index in [-0.39, 0.29) is 6.61 Å². The third-order valence-corrected chi connectivity index (χ3v) is 1.76. The summed E-state index contributed by atoms with van der Waals surface area (Å²) in [5.41, 5.74) is 0. The van der Waals surface area contributed by atoms with Crippen LogP contribution in [-0.4, -0.2) is 58.1 Å². The van der Waals surface area contributed by atoms with Gasteiger partial charge in [-0.1, -0.05) is 0 Å². The highest BCUT2D eigenvalue weighted by Crippen LogP contribution is 2.16. The van der Waals surface area contributed by atoms with E-state index in [1.165, 1.54) is 0 Å². The lowest BCUT2D eigenvalue weighted by molar-refractivity contribution is -0.0684. The first-order valence-electron chi connectivity index (χ1n) is 3.43. The van der Waals surface area contributed by atoms with Gasteiger partial charge in [0.25, 0.3) is 0 Å². The maximum absolute atomic E-state index is 9.11. The Morgan fingerprint density at radius 2 is 2.09 bits per heavy atom. The minimum Gasteiger partial charge on any atom is -0.394 e. The fraction of sp³-hybridized carbons (Fsp3) is 1.00. The molecule has 0 aromatic carbocycles. The van der Waals surface area contributed by atoms with E-state index >= 15 is 0 Å². The van der Waals surface area contributed by atoms with E-state index in [9.17, 15) is 0 Å². The average Bonchev–Trinajstić information content (AvgIpc) is 2.32. The number of aliphatic hydroxyl groups is 4. The smallest absolute Gasteiger partial charge is 0.114 e. The van der Waals surface area contributed by atoms with Crippen LogP contribution in [0.3, 0.4) is 0 Å². The summed E-state index contributed by atoms with van der Waals surface area (Å²) in [7, 11) is 0. The van der Waals surface area contributed by atoms with E-state index < -0.39 is 31.0 Å². The monoisotopic (exact) mass is 164 g/mol. The molecule has 66 valence electrons. The normalized spacial score (nSPS) is 40.9. The average molecular weight is 164 g/mol. The Labute approximate surface area is 63.8 Å². The Bertz CT molecular complexity index is 128. The van der Waals surface area contributed by atoms with Gasteiger partial charge in [0.2, 0.25) is 0 Å². The number of rotatable bonds is 2. The number of aliphatic hydroxyl groups excluding tert-OH is 4. The lowest BCUT2D eigenvalue weighted by Gasteiger charge is -2.18. The molecule has 0 aromatic rings. The summed E-state index contributed by atoms with van der Waals surface area (Å²) in [4.78, 5) is 0. The van der Waals surface area contributed by atoms with E-state index in [2.05, 4.69) is 0 Å². The second-order valence-electron chi connectivity index (χ2n) is 2.61. The van der Waals surface area contributed by atoms with E-state index in [4.69, 9.17) is 25.2 Å². The lowest BCUT2D eigenvalue weighted by Crippen LogP contribution is -2.40. The molecule has 0 radical (unpaired) electrons. The van der Waals surface area contributed by atoms with Crippen molar-refractivity contribution in [2.24, 2.45) is 0 Å². The largest absolute Gasteiger partial charge is 0.394 e. The highest BCUT2D eigenvalue weighted by molar-refractivity contribution is 4.87. The standard InChI is InChI=1S/C6H12O5/c7-1-3(8)6-5(10)4(9)2-11-6/h3-10H,1-2H2/t3-,4-,5+,6+/m1/s1. The van der Waals surface area contributed by atoms with Crippen LogP contribution in [0.4, 0.5) is 0 Å². The van der Waals surface area contributed by atoms with Crippen LogP contribution >= 0.6 is 0 Å². The third-order valence-electron chi connectivity index (χ3n) is 1.76. The van der Waals surface area contributed by atoms with Gasteiger partial charge in [-0.2, -0.15) is 0 Å². The number of hydrogen-bond acceptors (Lipinski definition) is 5. The van der Waals surface area contributed by atoms with Gasteiger partial charge < -0.3 is 25.2 Å². The molecule has 1 heterocycles. The van der Waals surface area contributed by atoms with Crippen molar-refractivity contribution in [1.82, 2.24) is 0 Å². The predicted octanol–water partition coefficient (Wildman–Crippen LogP) is -2.54. The van der Waals surface area contributed by atoms with Crippen molar-refractivity contribution < 1.29 is 25.2 Å². The zero-order valence-electron chi connectivity index (χ0n) is 5.92. The molecule has 0 bridgehead atoms. The number of hydrogen-bond donors (Lipinski definition) is 4. The first kappa shape index (κ1) is 8.89. The topological polar surface area (TPSA) is 90.2 Å². The van der Waals surface area contributed by atoms with Crippen LogP contribution in [-0.2, 0) is 4.74 Å². The second kappa shape index (κ2) is 3.46. The van der Waals surface area contributed by atoms with Gasteiger partial charge in [0.15, 0.2) is 0 Å². The molecule has 0 aliphatic carbocycles. The molecule has 4 atom stereocenters. The molecule has 0 amide bonds. The van der Waals surface area contributed by atoms with Gasteiger partial charge in [0.1, 0.15) is 24.4 Å². The summed E-state index contributed by atoms with van der Waals surface area (Å²) in [6.45, 7) is -0.475. The van der Waals surface area contributed by atoms with Crippen LogP contribution in [0.1, 0.15) is 0 Å². The molecule has 11 heavy (non-hydrogen) atoms. The van der Waals surface area contributed by atoms with Gasteiger partial charge in [-0.25, -0.2) is 0 Å². The van der Waals surface area contributed by atoms with Crippen molar-refractivity contribution in [3.8, 4) is 0 Å². The number of ether oxygens (including phenoxy) is 1. The van der Waals surface area contributed by atoms with Crippen molar-refractivity contribution >= 4 is 0 Å². The van der Waals surface area contributed by atoms with Gasteiger partial charge in [-0.05, 0) is 0 Å². The van der Waals surface area contributed by atoms with E-state index in [0.717, 1.165) is 0 Å². The SMILES string of the molecule is OC[C@@H](O)[C@@H]1OC[C@@H](O)[C@@H]1O. The fourth-order valence-corrected chi connectivity index (χ4v) is 1.07. The highest BCUT2D eigenvalue weighted by atomic mass is 16.5. The van der Waals surface area contributed by atoms with Crippen molar-refractivity contribution in [2.75, 3.05) is 13.2 Å². The molecule has 0 aromatic heterocycles. The van der Waals surface area contributed by atoms with E-state index in [1.54, 1.807) is 0 Å². The minimum absolute atomic E-state index is 0.00287. The molecule has 0 spiro atoms. The van der Waals surface area contributed by atoms with Crippen molar-refractivity contribution in [2.45, 2.75) is 24.4 Å². The fourth-order valence-electron chi connectivity index (χ4n) is 1.07. The van der Waals surface area contributed by atoms with Crippen molar-refractivity contribution in [1.29, 1.82) is 0 Å². The molecule has 5 heteroatoms. The van der Waals surface area contributed by atoms with Crippen LogP contribution in [0.5, 0.6) is 0 Å². The quantitative estimate of drug-likeness (QED) is 0.361. The molecule has 4 N–H and O–H groups in total. The Morgan fingerprint density at radius 3 is 2.45 bits per heavy atom. The first-order valence-corrected chi connectivity index (χ1v) is 3.43. The molecule has 0 saturated carbocycles. The van der Waals surface area contributed by atoms with E-state index in [0.29, 0.717) is 0 Å². The molecular weight excluding hydrogens is 152 g/mol. The predicted molar refractivity (Wildman–Crippen MR) is 34.8 cm³/mol. The first-order chi connectivity index (χ1) is 5.16. The van der Waals surface area contributed by atoms with Gasteiger partial charge >= 0.3 is 0 Å². The van der Waals surface area contributed by atoms with Gasteiger partial charge in [-0.15, -0.1) is 0 Å².